The largest absolute Gasteiger partial charge is 0.496 e. The molecule has 0 spiro atoms. The zero-order valence-corrected chi connectivity index (χ0v) is 17.9. The smallest absolute Gasteiger partial charge is 0.127 e. The molecule has 1 aliphatic rings. The topological polar surface area (TPSA) is 27.7 Å². The van der Waals surface area contributed by atoms with Crippen LogP contribution in [0.3, 0.4) is 0 Å². The summed E-state index contributed by atoms with van der Waals surface area (Å²) in [7, 11) is 5.17. The van der Waals surface area contributed by atoms with Crippen LogP contribution in [0.2, 0.25) is 0 Å². The number of fused-ring (bicyclic) bond motifs is 3. The van der Waals surface area contributed by atoms with E-state index in [-0.39, 0.29) is 0 Å². The molecule has 0 aromatic heterocycles. The Morgan fingerprint density at radius 2 is 1.00 bits per heavy atom. The maximum absolute atomic E-state index is 5.96. The van der Waals surface area contributed by atoms with Gasteiger partial charge in [-0.05, 0) is 34.9 Å². The second-order valence-electron chi connectivity index (χ2n) is 7.58. The van der Waals surface area contributed by atoms with Gasteiger partial charge in [-0.3, -0.25) is 0 Å². The van der Waals surface area contributed by atoms with Gasteiger partial charge in [0, 0.05) is 16.7 Å². The van der Waals surface area contributed by atoms with Crippen LogP contribution in [-0.4, -0.2) is 21.3 Å². The maximum atomic E-state index is 5.96. The van der Waals surface area contributed by atoms with Crippen LogP contribution in [0.4, 0.5) is 0 Å². The fourth-order valence-corrected chi connectivity index (χ4v) is 5.09. The first kappa shape index (κ1) is 19.3. The van der Waals surface area contributed by atoms with Crippen molar-refractivity contribution in [2.24, 2.45) is 0 Å². The van der Waals surface area contributed by atoms with Gasteiger partial charge < -0.3 is 14.2 Å². The van der Waals surface area contributed by atoms with Crippen molar-refractivity contribution in [1.29, 1.82) is 0 Å². The lowest BCUT2D eigenvalue weighted by molar-refractivity contribution is 0.393. The van der Waals surface area contributed by atoms with Crippen molar-refractivity contribution >= 4 is 0 Å². The van der Waals surface area contributed by atoms with Crippen LogP contribution in [0.15, 0.2) is 91.0 Å². The quantitative estimate of drug-likeness (QED) is 0.353. The van der Waals surface area contributed by atoms with E-state index in [1.54, 1.807) is 21.3 Å². The highest BCUT2D eigenvalue weighted by molar-refractivity contribution is 5.93. The third-order valence-electron chi connectivity index (χ3n) is 6.25. The molecule has 0 aliphatic heterocycles. The lowest BCUT2D eigenvalue weighted by Gasteiger charge is -2.35. The molecule has 0 radical (unpaired) electrons. The predicted molar refractivity (Wildman–Crippen MR) is 123 cm³/mol. The van der Waals surface area contributed by atoms with Gasteiger partial charge >= 0.3 is 0 Å². The molecule has 0 N–H and O–H groups in total. The molecule has 0 atom stereocenters. The van der Waals surface area contributed by atoms with Crippen molar-refractivity contribution in [1.82, 2.24) is 0 Å². The van der Waals surface area contributed by atoms with Gasteiger partial charge in [0.05, 0.1) is 26.7 Å². The molecule has 1 aliphatic carbocycles. The summed E-state index contributed by atoms with van der Waals surface area (Å²) in [5.41, 5.74) is 6.01. The minimum absolute atomic E-state index is 0.611. The Kier molecular flexibility index (Phi) is 4.67. The van der Waals surface area contributed by atoms with E-state index in [2.05, 4.69) is 54.6 Å². The standard InChI is InChI=1S/C28H24O3/c1-29-22-17-18-24(31-3)27-25(22)21-15-10-16-23(30-2)26(21)28(27,19-11-6-4-7-12-19)20-13-8-5-9-14-20/h4-18H,1-3H3. The summed E-state index contributed by atoms with van der Waals surface area (Å²) >= 11 is 0. The summed E-state index contributed by atoms with van der Waals surface area (Å²) in [6, 6.07) is 31.3. The molecule has 154 valence electrons. The van der Waals surface area contributed by atoms with Gasteiger partial charge in [0.15, 0.2) is 0 Å². The van der Waals surface area contributed by atoms with Crippen LogP contribution < -0.4 is 14.2 Å². The summed E-state index contributed by atoms with van der Waals surface area (Å²) in [6.07, 6.45) is 0. The molecule has 3 nitrogen and oxygen atoms in total. The van der Waals surface area contributed by atoms with Crippen molar-refractivity contribution < 1.29 is 14.2 Å². The molecule has 0 amide bonds. The van der Waals surface area contributed by atoms with E-state index in [0.717, 1.165) is 50.6 Å². The van der Waals surface area contributed by atoms with Gasteiger partial charge in [0.1, 0.15) is 17.2 Å². The first-order chi connectivity index (χ1) is 15.3. The summed E-state index contributed by atoms with van der Waals surface area (Å²) in [5.74, 6) is 2.48. The van der Waals surface area contributed by atoms with Gasteiger partial charge in [0.2, 0.25) is 0 Å². The first-order valence-electron chi connectivity index (χ1n) is 10.3. The molecular formula is C28H24O3. The molecule has 0 fully saturated rings. The zero-order chi connectivity index (χ0) is 21.4. The van der Waals surface area contributed by atoms with Crippen molar-refractivity contribution in [2.45, 2.75) is 5.41 Å². The Bertz CT molecular complexity index is 1190. The number of hydrogen-bond acceptors (Lipinski definition) is 3. The molecule has 4 aromatic carbocycles. The lowest BCUT2D eigenvalue weighted by Crippen LogP contribution is -2.29. The third kappa shape index (κ3) is 2.59. The van der Waals surface area contributed by atoms with Crippen LogP contribution in [0.5, 0.6) is 17.2 Å². The SMILES string of the molecule is COc1ccc(OC)c2c1-c1cccc(OC)c1C2(c1ccccc1)c1ccccc1. The molecule has 3 heteroatoms. The van der Waals surface area contributed by atoms with E-state index in [0.29, 0.717) is 0 Å². The highest BCUT2D eigenvalue weighted by atomic mass is 16.5. The molecule has 0 saturated carbocycles. The van der Waals surface area contributed by atoms with Crippen LogP contribution in [0, 0.1) is 0 Å². The molecule has 0 saturated heterocycles. The lowest BCUT2D eigenvalue weighted by atomic mass is 9.67. The molecule has 0 bridgehead atoms. The van der Waals surface area contributed by atoms with Crippen molar-refractivity contribution in [2.75, 3.05) is 21.3 Å². The Morgan fingerprint density at radius 1 is 0.484 bits per heavy atom. The number of ether oxygens (including phenoxy) is 3. The van der Waals surface area contributed by atoms with Gasteiger partial charge in [-0.1, -0.05) is 72.8 Å². The predicted octanol–water partition coefficient (Wildman–Crippen LogP) is 6.08. The van der Waals surface area contributed by atoms with Gasteiger partial charge in [-0.15, -0.1) is 0 Å². The number of rotatable bonds is 5. The summed E-state index contributed by atoms with van der Waals surface area (Å²) in [5, 5.41) is 0. The monoisotopic (exact) mass is 408 g/mol. The zero-order valence-electron chi connectivity index (χ0n) is 17.9. The summed E-state index contributed by atoms with van der Waals surface area (Å²) in [6.45, 7) is 0. The van der Waals surface area contributed by atoms with Crippen molar-refractivity contribution in [3.63, 3.8) is 0 Å². The van der Waals surface area contributed by atoms with Gasteiger partial charge in [-0.2, -0.15) is 0 Å². The normalized spacial score (nSPS) is 13.3. The molecule has 0 heterocycles. The molecule has 4 aromatic rings. The maximum Gasteiger partial charge on any atom is 0.127 e. The summed E-state index contributed by atoms with van der Waals surface area (Å²) < 4.78 is 17.8. The van der Waals surface area contributed by atoms with Crippen LogP contribution >= 0.6 is 0 Å². The Hall–Kier alpha value is -3.72. The molecular weight excluding hydrogens is 384 g/mol. The van der Waals surface area contributed by atoms with E-state index in [1.807, 2.05) is 36.4 Å². The van der Waals surface area contributed by atoms with E-state index in [9.17, 15) is 0 Å². The molecule has 31 heavy (non-hydrogen) atoms. The van der Waals surface area contributed by atoms with Crippen LogP contribution in [-0.2, 0) is 5.41 Å². The first-order valence-corrected chi connectivity index (χ1v) is 10.3. The average molecular weight is 408 g/mol. The second-order valence-corrected chi connectivity index (χ2v) is 7.58. The Morgan fingerprint density at radius 3 is 1.55 bits per heavy atom. The van der Waals surface area contributed by atoms with Crippen LogP contribution in [0.1, 0.15) is 22.3 Å². The number of benzene rings is 4. The minimum Gasteiger partial charge on any atom is -0.496 e. The fraction of sp³-hybridized carbons (Fsp3) is 0.143. The molecule has 5 rings (SSSR count). The molecule has 0 unspecified atom stereocenters. The van der Waals surface area contributed by atoms with E-state index >= 15 is 0 Å². The highest BCUT2D eigenvalue weighted by Gasteiger charge is 2.51. The van der Waals surface area contributed by atoms with E-state index in [1.165, 1.54) is 0 Å². The number of methoxy groups -OCH3 is 3. The van der Waals surface area contributed by atoms with E-state index in [4.69, 9.17) is 14.2 Å². The van der Waals surface area contributed by atoms with Gasteiger partial charge in [-0.25, -0.2) is 0 Å². The van der Waals surface area contributed by atoms with Crippen molar-refractivity contribution in [3.05, 3.63) is 113 Å². The second kappa shape index (κ2) is 7.51. The average Bonchev–Trinajstić information content (AvgIpc) is 3.17. The Labute approximate surface area is 182 Å². The highest BCUT2D eigenvalue weighted by Crippen LogP contribution is 2.63. The third-order valence-corrected chi connectivity index (χ3v) is 6.25. The van der Waals surface area contributed by atoms with E-state index < -0.39 is 5.41 Å². The fourth-order valence-electron chi connectivity index (χ4n) is 5.09. The Balaban J connectivity index is 2.07. The van der Waals surface area contributed by atoms with Crippen LogP contribution in [0.25, 0.3) is 11.1 Å². The van der Waals surface area contributed by atoms with Gasteiger partial charge in [0.25, 0.3) is 0 Å². The van der Waals surface area contributed by atoms with Crippen molar-refractivity contribution in [3.8, 4) is 28.4 Å². The summed E-state index contributed by atoms with van der Waals surface area (Å²) in [4.78, 5) is 0. The number of hydrogen-bond donors (Lipinski definition) is 0. The minimum atomic E-state index is -0.611.